The van der Waals surface area contributed by atoms with E-state index in [1.165, 1.54) is 24.0 Å². The molecule has 1 aromatic heterocycles. The fraction of sp³-hybridized carbons (Fsp3) is 0.417. The van der Waals surface area contributed by atoms with Gasteiger partial charge in [0, 0.05) is 12.6 Å². The second-order valence-corrected chi connectivity index (χ2v) is 6.50. The van der Waals surface area contributed by atoms with Crippen LogP contribution in [0.25, 0.3) is 11.0 Å². The molecule has 0 spiro atoms. The molecule has 1 fully saturated rings. The van der Waals surface area contributed by atoms with Crippen molar-refractivity contribution in [3.8, 4) is 0 Å². The molecule has 1 N–H and O–H groups in total. The fourth-order valence-electron chi connectivity index (χ4n) is 2.32. The van der Waals surface area contributed by atoms with E-state index in [9.17, 15) is 4.39 Å². The van der Waals surface area contributed by atoms with E-state index in [4.69, 9.17) is 23.8 Å². The lowest BCUT2D eigenvalue weighted by Crippen LogP contribution is -2.09. The van der Waals surface area contributed by atoms with Crippen LogP contribution in [0, 0.1) is 16.5 Å². The summed E-state index contributed by atoms with van der Waals surface area (Å²) in [5.41, 5.74) is 1.61. The van der Waals surface area contributed by atoms with E-state index in [-0.39, 0.29) is 5.02 Å². The molecule has 2 aromatic rings. The van der Waals surface area contributed by atoms with Gasteiger partial charge in [-0.25, -0.2) is 4.39 Å². The number of rotatable bonds is 2. The van der Waals surface area contributed by atoms with Crippen molar-refractivity contribution < 1.29 is 4.39 Å². The van der Waals surface area contributed by atoms with E-state index >= 15 is 0 Å². The monoisotopic (exact) mass is 302 g/mol. The predicted octanol–water partition coefficient (Wildman–Crippen LogP) is 4.24. The minimum absolute atomic E-state index is 0.144. The van der Waals surface area contributed by atoms with Crippen molar-refractivity contribution in [2.24, 2.45) is 5.92 Å². The molecule has 18 heavy (non-hydrogen) atoms. The van der Waals surface area contributed by atoms with Gasteiger partial charge in [0.2, 0.25) is 0 Å². The number of aromatic nitrogens is 2. The van der Waals surface area contributed by atoms with E-state index in [1.807, 2.05) is 16.3 Å². The minimum atomic E-state index is -0.413. The quantitative estimate of drug-likeness (QED) is 0.837. The van der Waals surface area contributed by atoms with Crippen molar-refractivity contribution in [2.75, 3.05) is 11.5 Å². The summed E-state index contributed by atoms with van der Waals surface area (Å²) in [7, 11) is 0. The Bertz CT molecular complexity index is 643. The van der Waals surface area contributed by atoms with E-state index in [0.29, 0.717) is 16.2 Å². The molecule has 2 heterocycles. The largest absolute Gasteiger partial charge is 0.330 e. The number of fused-ring (bicyclic) bond motifs is 1. The van der Waals surface area contributed by atoms with Gasteiger partial charge in [-0.15, -0.1) is 0 Å². The fourth-order valence-corrected chi connectivity index (χ4v) is 4.03. The number of H-pyrrole nitrogens is 1. The Morgan fingerprint density at radius 2 is 2.39 bits per heavy atom. The number of hydrogen-bond donors (Lipinski definition) is 1. The molecule has 6 heteroatoms. The second-order valence-electron chi connectivity index (χ2n) is 4.55. The Morgan fingerprint density at radius 1 is 1.56 bits per heavy atom. The van der Waals surface area contributed by atoms with Crippen LogP contribution in [0.2, 0.25) is 5.02 Å². The third-order valence-electron chi connectivity index (χ3n) is 3.28. The van der Waals surface area contributed by atoms with Crippen molar-refractivity contribution in [3.05, 3.63) is 27.7 Å². The zero-order valence-electron chi connectivity index (χ0n) is 9.58. The number of nitrogens with one attached hydrogen (secondary N) is 1. The first-order chi connectivity index (χ1) is 8.65. The first kappa shape index (κ1) is 12.5. The van der Waals surface area contributed by atoms with Crippen molar-refractivity contribution in [1.29, 1.82) is 0 Å². The van der Waals surface area contributed by atoms with Gasteiger partial charge < -0.3 is 9.55 Å². The molecule has 0 saturated carbocycles. The maximum atomic E-state index is 13.4. The highest BCUT2D eigenvalue weighted by Gasteiger charge is 2.18. The highest BCUT2D eigenvalue weighted by molar-refractivity contribution is 7.99. The van der Waals surface area contributed by atoms with E-state index in [0.717, 1.165) is 12.1 Å². The first-order valence-corrected chi connectivity index (χ1v) is 7.74. The van der Waals surface area contributed by atoms with Gasteiger partial charge in [-0.3, -0.25) is 0 Å². The van der Waals surface area contributed by atoms with Crippen LogP contribution in [0.15, 0.2) is 12.1 Å². The maximum Gasteiger partial charge on any atom is 0.178 e. The van der Waals surface area contributed by atoms with Crippen molar-refractivity contribution in [2.45, 2.75) is 13.0 Å². The van der Waals surface area contributed by atoms with Gasteiger partial charge in [0.05, 0.1) is 16.1 Å². The summed E-state index contributed by atoms with van der Waals surface area (Å²) >= 11 is 13.1. The number of nitrogens with zero attached hydrogens (tertiary/aromatic N) is 1. The minimum Gasteiger partial charge on any atom is -0.330 e. The molecular weight excluding hydrogens is 291 g/mol. The average Bonchev–Trinajstić information content (AvgIpc) is 2.92. The van der Waals surface area contributed by atoms with Gasteiger partial charge in [-0.2, -0.15) is 11.8 Å². The number of thioether (sulfide) groups is 1. The summed E-state index contributed by atoms with van der Waals surface area (Å²) in [5.74, 6) is 2.62. The Hall–Kier alpha value is -0.520. The average molecular weight is 303 g/mol. The molecule has 0 bridgehead atoms. The molecule has 1 atom stereocenters. The van der Waals surface area contributed by atoms with Crippen LogP contribution in [0.3, 0.4) is 0 Å². The lowest BCUT2D eigenvalue weighted by atomic mass is 10.1. The summed E-state index contributed by atoms with van der Waals surface area (Å²) in [6, 6.07) is 3.06. The number of benzene rings is 1. The molecule has 1 aliphatic rings. The van der Waals surface area contributed by atoms with E-state index < -0.39 is 5.82 Å². The number of aromatic amines is 1. The topological polar surface area (TPSA) is 20.7 Å². The SMILES string of the molecule is Fc1cc2[nH]c(=S)n(CC3CCSC3)c2cc1Cl. The van der Waals surface area contributed by atoms with Crippen LogP contribution in [-0.4, -0.2) is 21.1 Å². The molecule has 3 rings (SSSR count). The Balaban J connectivity index is 2.07. The van der Waals surface area contributed by atoms with Gasteiger partial charge >= 0.3 is 0 Å². The van der Waals surface area contributed by atoms with Crippen LogP contribution in [-0.2, 0) is 6.54 Å². The highest BCUT2D eigenvalue weighted by atomic mass is 35.5. The third kappa shape index (κ3) is 2.19. The zero-order valence-corrected chi connectivity index (χ0v) is 12.0. The lowest BCUT2D eigenvalue weighted by molar-refractivity contribution is 0.497. The third-order valence-corrected chi connectivity index (χ3v) is 5.12. The highest BCUT2D eigenvalue weighted by Crippen LogP contribution is 2.28. The van der Waals surface area contributed by atoms with Crippen molar-refractivity contribution in [1.82, 2.24) is 9.55 Å². The summed E-state index contributed by atoms with van der Waals surface area (Å²) in [6.07, 6.45) is 1.22. The maximum absolute atomic E-state index is 13.4. The Labute approximate surface area is 119 Å². The summed E-state index contributed by atoms with van der Waals surface area (Å²) in [5, 5.41) is 0.144. The van der Waals surface area contributed by atoms with Crippen LogP contribution < -0.4 is 0 Å². The smallest absolute Gasteiger partial charge is 0.178 e. The Morgan fingerprint density at radius 3 is 3.11 bits per heavy atom. The predicted molar refractivity (Wildman–Crippen MR) is 77.5 cm³/mol. The zero-order chi connectivity index (χ0) is 12.7. The standard InChI is InChI=1S/C12H12ClFN2S2/c13-8-3-11-10(4-9(8)14)15-12(17)16(11)5-7-1-2-18-6-7/h3-4,7H,1-2,5-6H2,(H,15,17). The molecule has 96 valence electrons. The van der Waals surface area contributed by atoms with E-state index in [2.05, 4.69) is 4.98 Å². The molecule has 0 amide bonds. The van der Waals surface area contributed by atoms with Gasteiger partial charge in [0.25, 0.3) is 0 Å². The van der Waals surface area contributed by atoms with Crippen molar-refractivity contribution >= 4 is 46.6 Å². The van der Waals surface area contributed by atoms with Crippen LogP contribution in [0.4, 0.5) is 4.39 Å². The molecule has 1 unspecified atom stereocenters. The van der Waals surface area contributed by atoms with Crippen LogP contribution in [0.5, 0.6) is 0 Å². The number of halogens is 2. The molecule has 2 nitrogen and oxygen atoms in total. The van der Waals surface area contributed by atoms with Crippen LogP contribution >= 0.6 is 35.6 Å². The summed E-state index contributed by atoms with van der Waals surface area (Å²) < 4.78 is 16.1. The molecule has 0 aliphatic carbocycles. The lowest BCUT2D eigenvalue weighted by Gasteiger charge is -2.10. The van der Waals surface area contributed by atoms with Gasteiger partial charge in [0.1, 0.15) is 5.82 Å². The molecule has 0 radical (unpaired) electrons. The summed E-state index contributed by atoms with van der Waals surface area (Å²) in [4.78, 5) is 3.04. The molecular formula is C12H12ClFN2S2. The number of imidazole rings is 1. The normalized spacial score (nSPS) is 19.8. The van der Waals surface area contributed by atoms with E-state index in [1.54, 1.807) is 6.07 Å². The Kier molecular flexibility index (Phi) is 3.38. The van der Waals surface area contributed by atoms with Gasteiger partial charge in [-0.05, 0) is 42.1 Å². The molecule has 1 aromatic carbocycles. The van der Waals surface area contributed by atoms with Gasteiger partial charge in [0.15, 0.2) is 4.77 Å². The summed E-state index contributed by atoms with van der Waals surface area (Å²) in [6.45, 7) is 0.883. The van der Waals surface area contributed by atoms with Gasteiger partial charge in [-0.1, -0.05) is 11.6 Å². The number of hydrogen-bond acceptors (Lipinski definition) is 2. The van der Waals surface area contributed by atoms with Crippen LogP contribution in [0.1, 0.15) is 6.42 Å². The van der Waals surface area contributed by atoms with Crippen molar-refractivity contribution in [3.63, 3.8) is 0 Å². The molecule has 1 aliphatic heterocycles. The molecule has 1 saturated heterocycles. The first-order valence-electron chi connectivity index (χ1n) is 5.80. The second kappa shape index (κ2) is 4.87.